The van der Waals surface area contributed by atoms with E-state index >= 15 is 0 Å². The zero-order chi connectivity index (χ0) is 11.2. The van der Waals surface area contributed by atoms with Gasteiger partial charge in [0.25, 0.3) is 0 Å². The Kier molecular flexibility index (Phi) is 3.84. The van der Waals surface area contributed by atoms with Crippen LogP contribution in [0.5, 0.6) is 0 Å². The summed E-state index contributed by atoms with van der Waals surface area (Å²) in [5.41, 5.74) is 0.978. The molecule has 0 aliphatic heterocycles. The fourth-order valence-corrected chi connectivity index (χ4v) is 1.98. The molecule has 84 valence electrons. The highest BCUT2D eigenvalue weighted by Gasteiger charge is 2.06. The number of aromatic nitrogens is 5. The van der Waals surface area contributed by atoms with Gasteiger partial charge in [0.2, 0.25) is 5.16 Å². The summed E-state index contributed by atoms with van der Waals surface area (Å²) in [4.78, 5) is 4.21. The number of hydrogen-bond acceptors (Lipinski definition) is 6. The van der Waals surface area contributed by atoms with E-state index in [0.717, 1.165) is 5.69 Å². The molecule has 7 heteroatoms. The fraction of sp³-hybridized carbons (Fsp3) is 0.333. The summed E-state index contributed by atoms with van der Waals surface area (Å²) in [5.74, 6) is 0.715. The van der Waals surface area contributed by atoms with Gasteiger partial charge in [-0.05, 0) is 22.6 Å². The van der Waals surface area contributed by atoms with Crippen molar-refractivity contribution < 1.29 is 5.11 Å². The number of nitrogens with zero attached hydrogens (tertiary/aromatic N) is 5. The summed E-state index contributed by atoms with van der Waals surface area (Å²) in [6, 6.07) is 5.77. The number of hydrogen-bond donors (Lipinski definition) is 1. The Hall–Kier alpha value is -1.47. The summed E-state index contributed by atoms with van der Waals surface area (Å²) in [6.45, 7) is 0.444. The Morgan fingerprint density at radius 2 is 2.31 bits per heavy atom. The third kappa shape index (κ3) is 2.77. The first-order valence-corrected chi connectivity index (χ1v) is 5.78. The number of tetrazole rings is 1. The van der Waals surface area contributed by atoms with Crippen molar-refractivity contribution in [1.29, 1.82) is 0 Å². The lowest BCUT2D eigenvalue weighted by Gasteiger charge is -2.01. The van der Waals surface area contributed by atoms with E-state index in [4.69, 9.17) is 5.11 Å². The molecule has 0 saturated carbocycles. The minimum atomic E-state index is 0.0299. The summed E-state index contributed by atoms with van der Waals surface area (Å²) >= 11 is 1.50. The maximum Gasteiger partial charge on any atom is 0.209 e. The molecule has 0 fully saturated rings. The molecule has 2 rings (SSSR count). The second kappa shape index (κ2) is 5.57. The van der Waals surface area contributed by atoms with Crippen molar-refractivity contribution in [2.24, 2.45) is 0 Å². The second-order valence-corrected chi connectivity index (χ2v) is 3.96. The molecule has 0 unspecified atom stereocenters. The van der Waals surface area contributed by atoms with Crippen molar-refractivity contribution in [3.63, 3.8) is 0 Å². The quantitative estimate of drug-likeness (QED) is 0.756. The van der Waals surface area contributed by atoms with Gasteiger partial charge in [0.1, 0.15) is 0 Å². The lowest BCUT2D eigenvalue weighted by atomic mass is 10.4. The number of thioether (sulfide) groups is 1. The zero-order valence-electron chi connectivity index (χ0n) is 8.52. The maximum absolute atomic E-state index is 8.81. The number of pyridine rings is 1. The van der Waals surface area contributed by atoms with E-state index in [1.165, 1.54) is 11.8 Å². The Labute approximate surface area is 96.7 Å². The molecule has 2 aromatic rings. The van der Waals surface area contributed by atoms with Crippen molar-refractivity contribution in [2.75, 3.05) is 6.61 Å². The van der Waals surface area contributed by atoms with Crippen LogP contribution in [0.4, 0.5) is 0 Å². The molecular formula is C9H11N5OS. The molecular weight excluding hydrogens is 226 g/mol. The summed E-state index contributed by atoms with van der Waals surface area (Å²) < 4.78 is 1.58. The van der Waals surface area contributed by atoms with Gasteiger partial charge in [0.15, 0.2) is 0 Å². The predicted octanol–water partition coefficient (Wildman–Crippen LogP) is 0.353. The number of rotatable bonds is 5. The van der Waals surface area contributed by atoms with Crippen molar-refractivity contribution in [3.05, 3.63) is 30.1 Å². The number of aliphatic hydroxyl groups is 1. The Morgan fingerprint density at radius 1 is 1.38 bits per heavy atom. The highest BCUT2D eigenvalue weighted by molar-refractivity contribution is 7.98. The minimum absolute atomic E-state index is 0.0299. The van der Waals surface area contributed by atoms with Gasteiger partial charge in [0.05, 0.1) is 18.8 Å². The normalized spacial score (nSPS) is 10.6. The molecule has 0 saturated heterocycles. The minimum Gasteiger partial charge on any atom is -0.394 e. The van der Waals surface area contributed by atoms with Gasteiger partial charge >= 0.3 is 0 Å². The first-order chi connectivity index (χ1) is 7.90. The van der Waals surface area contributed by atoms with E-state index in [-0.39, 0.29) is 6.61 Å². The maximum atomic E-state index is 8.81. The van der Waals surface area contributed by atoms with Crippen molar-refractivity contribution in [1.82, 2.24) is 25.2 Å². The van der Waals surface area contributed by atoms with Gasteiger partial charge in [-0.1, -0.05) is 17.8 Å². The Bertz CT molecular complexity index is 432. The molecule has 2 heterocycles. The van der Waals surface area contributed by atoms with Crippen LogP contribution in [0, 0.1) is 0 Å². The van der Waals surface area contributed by atoms with Crippen molar-refractivity contribution in [3.8, 4) is 0 Å². The van der Waals surface area contributed by atoms with Crippen LogP contribution in [0.15, 0.2) is 29.6 Å². The van der Waals surface area contributed by atoms with E-state index in [9.17, 15) is 0 Å². The topological polar surface area (TPSA) is 76.7 Å². The van der Waals surface area contributed by atoms with Crippen LogP contribution in [0.1, 0.15) is 5.69 Å². The molecule has 0 aliphatic carbocycles. The van der Waals surface area contributed by atoms with Gasteiger partial charge in [-0.2, -0.15) is 0 Å². The molecule has 0 radical (unpaired) electrons. The van der Waals surface area contributed by atoms with Crippen LogP contribution in [-0.2, 0) is 12.3 Å². The van der Waals surface area contributed by atoms with Crippen molar-refractivity contribution in [2.45, 2.75) is 17.5 Å². The predicted molar refractivity (Wildman–Crippen MR) is 58.7 cm³/mol. The van der Waals surface area contributed by atoms with Gasteiger partial charge in [-0.3, -0.25) is 4.98 Å². The van der Waals surface area contributed by atoms with Crippen LogP contribution >= 0.6 is 11.8 Å². The highest BCUT2D eigenvalue weighted by atomic mass is 32.2. The van der Waals surface area contributed by atoms with E-state index in [0.29, 0.717) is 17.5 Å². The Balaban J connectivity index is 1.97. The molecule has 0 aromatic carbocycles. The molecule has 0 bridgehead atoms. The van der Waals surface area contributed by atoms with Crippen LogP contribution < -0.4 is 0 Å². The zero-order valence-corrected chi connectivity index (χ0v) is 9.34. The first kappa shape index (κ1) is 11.0. The van der Waals surface area contributed by atoms with Crippen LogP contribution in [0.3, 0.4) is 0 Å². The lowest BCUT2D eigenvalue weighted by Crippen LogP contribution is -2.05. The summed E-state index contributed by atoms with van der Waals surface area (Å²) in [6.07, 6.45) is 1.76. The summed E-state index contributed by atoms with van der Waals surface area (Å²) in [7, 11) is 0. The molecule has 0 spiro atoms. The monoisotopic (exact) mass is 237 g/mol. The average Bonchev–Trinajstić information content (AvgIpc) is 2.76. The standard InChI is InChI=1S/C9H11N5OS/c15-6-5-14-9(11-12-13-14)16-7-8-3-1-2-4-10-8/h1-4,15H,5-7H2. The molecule has 2 aromatic heterocycles. The molecule has 1 N–H and O–H groups in total. The largest absolute Gasteiger partial charge is 0.394 e. The van der Waals surface area contributed by atoms with Crippen LogP contribution in [0.25, 0.3) is 0 Å². The first-order valence-electron chi connectivity index (χ1n) is 4.80. The third-order valence-electron chi connectivity index (χ3n) is 1.89. The fourth-order valence-electron chi connectivity index (χ4n) is 1.16. The number of aliphatic hydroxyl groups excluding tert-OH is 1. The molecule has 6 nitrogen and oxygen atoms in total. The average molecular weight is 237 g/mol. The highest BCUT2D eigenvalue weighted by Crippen LogP contribution is 2.18. The van der Waals surface area contributed by atoms with Crippen molar-refractivity contribution >= 4 is 11.8 Å². The summed E-state index contributed by atoms with van der Waals surface area (Å²) in [5, 5.41) is 20.7. The molecule has 0 atom stereocenters. The second-order valence-electron chi connectivity index (χ2n) is 3.02. The van der Waals surface area contributed by atoms with E-state index in [2.05, 4.69) is 20.5 Å². The van der Waals surface area contributed by atoms with Gasteiger partial charge in [-0.25, -0.2) is 4.68 Å². The Morgan fingerprint density at radius 3 is 3.06 bits per heavy atom. The van der Waals surface area contributed by atoms with Gasteiger partial charge in [0, 0.05) is 11.9 Å². The van der Waals surface area contributed by atoms with Gasteiger partial charge < -0.3 is 5.11 Å². The van der Waals surface area contributed by atoms with E-state index in [1.807, 2.05) is 18.2 Å². The van der Waals surface area contributed by atoms with Crippen LogP contribution in [-0.4, -0.2) is 36.9 Å². The van der Waals surface area contributed by atoms with E-state index < -0.39 is 0 Å². The van der Waals surface area contributed by atoms with Crippen LogP contribution in [0.2, 0.25) is 0 Å². The molecule has 16 heavy (non-hydrogen) atoms. The van der Waals surface area contributed by atoms with E-state index in [1.54, 1.807) is 10.9 Å². The van der Waals surface area contributed by atoms with Gasteiger partial charge in [-0.15, -0.1) is 5.10 Å². The lowest BCUT2D eigenvalue weighted by molar-refractivity contribution is 0.262. The SMILES string of the molecule is OCCn1nnnc1SCc1ccccn1. The molecule has 0 aliphatic rings. The smallest absolute Gasteiger partial charge is 0.209 e. The molecule has 0 amide bonds. The third-order valence-corrected chi connectivity index (χ3v) is 2.88.